The van der Waals surface area contributed by atoms with Crippen molar-refractivity contribution in [1.82, 2.24) is 14.8 Å². The van der Waals surface area contributed by atoms with Crippen molar-refractivity contribution in [2.24, 2.45) is 4.99 Å². The van der Waals surface area contributed by atoms with Crippen LogP contribution in [0.25, 0.3) is 11.8 Å². The number of para-hydroxylation sites is 1. The van der Waals surface area contributed by atoms with Crippen molar-refractivity contribution in [2.45, 2.75) is 26.8 Å². The Hall–Kier alpha value is -6.00. The molecule has 0 bridgehead atoms. The van der Waals surface area contributed by atoms with Crippen LogP contribution in [0.2, 0.25) is 0 Å². The second kappa shape index (κ2) is 16.6. The maximum atomic E-state index is 14.2. The van der Waals surface area contributed by atoms with Gasteiger partial charge in [0.2, 0.25) is 5.91 Å². The number of hydrogen-bond acceptors (Lipinski definition) is 6. The zero-order valence-corrected chi connectivity index (χ0v) is 29.6. The highest BCUT2D eigenvalue weighted by Gasteiger charge is 2.35. The number of methoxy groups -OCH3 is 1. The summed E-state index contributed by atoms with van der Waals surface area (Å²) in [4.78, 5) is 59.5. The van der Waals surface area contributed by atoms with E-state index in [-0.39, 0.29) is 22.4 Å². The molecular formula is C41H38N4O5S. The largest absolute Gasteiger partial charge is 0.465 e. The standard InChI is InChI=1S/C41H38N4O5S/c1-6-8-21-32(7-2)45-39(48)34(25-31-24-27(3)44(28(31)4)35-23-16-15-22-33(35)40(49)50-5)38(47)43-41(45)51-26-36(46)42-37(29-17-11-9-12-18-29)30-19-13-10-14-20-30/h6-25,37H,1,26H2,2-5H3,(H,42,46)/b21-8-,32-7+,34-25+. The first kappa shape index (κ1) is 36.3. The van der Waals surface area contributed by atoms with Crippen LogP contribution in [0.5, 0.6) is 0 Å². The Labute approximate surface area is 301 Å². The van der Waals surface area contributed by atoms with Crippen LogP contribution >= 0.6 is 11.8 Å². The molecule has 258 valence electrons. The van der Waals surface area contributed by atoms with E-state index in [0.29, 0.717) is 28.2 Å². The number of nitrogens with zero attached hydrogens (tertiary/aromatic N) is 3. The Balaban J connectivity index is 1.47. The van der Waals surface area contributed by atoms with Crippen LogP contribution in [0.4, 0.5) is 0 Å². The number of carbonyl (C=O) groups is 4. The van der Waals surface area contributed by atoms with Crippen LogP contribution in [0.1, 0.15) is 51.4 Å². The maximum absolute atomic E-state index is 14.2. The molecule has 51 heavy (non-hydrogen) atoms. The second-order valence-electron chi connectivity index (χ2n) is 11.5. The predicted octanol–water partition coefficient (Wildman–Crippen LogP) is 7.27. The first-order valence-corrected chi connectivity index (χ1v) is 17.2. The van der Waals surface area contributed by atoms with Crippen molar-refractivity contribution in [2.75, 3.05) is 12.9 Å². The summed E-state index contributed by atoms with van der Waals surface area (Å²) in [5, 5.41) is 3.18. The summed E-state index contributed by atoms with van der Waals surface area (Å²) in [5.74, 6) is -2.21. The lowest BCUT2D eigenvalue weighted by molar-refractivity contribution is -0.126. The average molecular weight is 699 g/mol. The zero-order chi connectivity index (χ0) is 36.5. The molecule has 5 rings (SSSR count). The van der Waals surface area contributed by atoms with Gasteiger partial charge in [-0.15, -0.1) is 0 Å². The van der Waals surface area contributed by atoms with Gasteiger partial charge in [-0.1, -0.05) is 109 Å². The van der Waals surface area contributed by atoms with Gasteiger partial charge in [-0.05, 0) is 67.8 Å². The molecule has 0 fully saturated rings. The zero-order valence-electron chi connectivity index (χ0n) is 28.8. The van der Waals surface area contributed by atoms with Crippen molar-refractivity contribution in [1.29, 1.82) is 0 Å². The number of aromatic nitrogens is 1. The van der Waals surface area contributed by atoms with E-state index in [2.05, 4.69) is 16.9 Å². The molecule has 0 spiro atoms. The SMILES string of the molecule is C=C/C=C\C(=C/C)N1C(=O)/C(=C/c2cc(C)n(-c3ccccc3C(=O)OC)c2C)C(=O)N=C1SCC(=O)NC(c1ccccc1)c1ccccc1. The minimum absolute atomic E-state index is 0.0764. The summed E-state index contributed by atoms with van der Waals surface area (Å²) in [6.45, 7) is 9.21. The highest BCUT2D eigenvalue weighted by atomic mass is 32.2. The first-order chi connectivity index (χ1) is 24.7. The van der Waals surface area contributed by atoms with Crippen molar-refractivity contribution in [3.05, 3.63) is 167 Å². The molecule has 2 heterocycles. The third-order valence-electron chi connectivity index (χ3n) is 8.23. The molecular weight excluding hydrogens is 661 g/mol. The van der Waals surface area contributed by atoms with E-state index < -0.39 is 23.8 Å². The van der Waals surface area contributed by atoms with Gasteiger partial charge in [0.05, 0.1) is 30.2 Å². The Morgan fingerprint density at radius 3 is 2.20 bits per heavy atom. The topological polar surface area (TPSA) is 110 Å². The van der Waals surface area contributed by atoms with Gasteiger partial charge in [-0.2, -0.15) is 4.99 Å². The predicted molar refractivity (Wildman–Crippen MR) is 202 cm³/mol. The lowest BCUT2D eigenvalue weighted by Gasteiger charge is -2.28. The van der Waals surface area contributed by atoms with Crippen LogP contribution in [0, 0.1) is 13.8 Å². The highest BCUT2D eigenvalue weighted by molar-refractivity contribution is 8.14. The van der Waals surface area contributed by atoms with Crippen molar-refractivity contribution < 1.29 is 23.9 Å². The molecule has 0 atom stereocenters. The summed E-state index contributed by atoms with van der Waals surface area (Å²) in [7, 11) is 1.32. The molecule has 0 radical (unpaired) electrons. The summed E-state index contributed by atoms with van der Waals surface area (Å²) in [6, 6.07) is 27.8. The number of amides is 3. The number of amidine groups is 1. The van der Waals surface area contributed by atoms with Gasteiger partial charge in [0.1, 0.15) is 5.57 Å². The number of esters is 1. The number of aliphatic imine (C=N–C) groups is 1. The summed E-state index contributed by atoms with van der Waals surface area (Å²) < 4.78 is 6.87. The van der Waals surface area contributed by atoms with E-state index in [1.165, 1.54) is 18.1 Å². The minimum atomic E-state index is -0.728. The van der Waals surface area contributed by atoms with Gasteiger partial charge in [-0.25, -0.2) is 4.79 Å². The number of aryl methyl sites for hydroxylation is 1. The van der Waals surface area contributed by atoms with Crippen LogP contribution in [0.3, 0.4) is 0 Å². The molecule has 1 aromatic heterocycles. The fraction of sp³-hybridized carbons (Fsp3) is 0.146. The molecule has 4 aromatic rings. The fourth-order valence-electron chi connectivity index (χ4n) is 5.80. The molecule has 9 nitrogen and oxygen atoms in total. The third kappa shape index (κ3) is 8.08. The lowest BCUT2D eigenvalue weighted by Crippen LogP contribution is -2.42. The van der Waals surface area contributed by atoms with Gasteiger partial charge < -0.3 is 14.6 Å². The molecule has 0 aliphatic carbocycles. The van der Waals surface area contributed by atoms with Gasteiger partial charge in [-0.3, -0.25) is 19.3 Å². The molecule has 1 aliphatic rings. The minimum Gasteiger partial charge on any atom is -0.465 e. The van der Waals surface area contributed by atoms with E-state index in [4.69, 9.17) is 4.74 Å². The van der Waals surface area contributed by atoms with Crippen molar-refractivity contribution in [3.8, 4) is 5.69 Å². The van der Waals surface area contributed by atoms with Gasteiger partial charge >= 0.3 is 5.97 Å². The molecule has 1 N–H and O–H groups in total. The molecule has 0 saturated carbocycles. The van der Waals surface area contributed by atoms with Crippen LogP contribution in [-0.2, 0) is 19.1 Å². The Kier molecular flexibility index (Phi) is 11.8. The van der Waals surface area contributed by atoms with Gasteiger partial charge in [0.15, 0.2) is 5.17 Å². The number of ether oxygens (including phenoxy) is 1. The van der Waals surface area contributed by atoms with E-state index >= 15 is 0 Å². The molecule has 0 unspecified atom stereocenters. The van der Waals surface area contributed by atoms with E-state index in [9.17, 15) is 19.2 Å². The van der Waals surface area contributed by atoms with Crippen molar-refractivity contribution in [3.63, 3.8) is 0 Å². The number of rotatable bonds is 11. The first-order valence-electron chi connectivity index (χ1n) is 16.2. The van der Waals surface area contributed by atoms with E-state index in [1.54, 1.807) is 49.4 Å². The quantitative estimate of drug-likeness (QED) is 0.0764. The Morgan fingerprint density at radius 1 is 0.961 bits per heavy atom. The van der Waals surface area contributed by atoms with Gasteiger partial charge in [0.25, 0.3) is 11.8 Å². The number of allylic oxidation sites excluding steroid dienone is 4. The normalized spacial score (nSPS) is 14.3. The molecule has 3 amide bonds. The lowest BCUT2D eigenvalue weighted by atomic mass is 9.99. The van der Waals surface area contributed by atoms with Crippen LogP contribution < -0.4 is 5.32 Å². The summed E-state index contributed by atoms with van der Waals surface area (Å²) in [5.41, 5.74) is 5.20. The van der Waals surface area contributed by atoms with E-state index in [0.717, 1.165) is 28.6 Å². The van der Waals surface area contributed by atoms with Gasteiger partial charge in [0, 0.05) is 17.1 Å². The monoisotopic (exact) mass is 698 g/mol. The average Bonchev–Trinajstić information content (AvgIpc) is 3.43. The molecule has 3 aromatic carbocycles. The number of benzene rings is 3. The number of nitrogens with one attached hydrogen (secondary N) is 1. The smallest absolute Gasteiger partial charge is 0.339 e. The summed E-state index contributed by atoms with van der Waals surface area (Å²) >= 11 is 0.999. The molecule has 1 aliphatic heterocycles. The van der Waals surface area contributed by atoms with Crippen molar-refractivity contribution >= 4 is 46.7 Å². The third-order valence-corrected chi connectivity index (χ3v) is 9.17. The molecule has 10 heteroatoms. The van der Waals surface area contributed by atoms with Crippen LogP contribution in [0.15, 0.2) is 138 Å². The molecule has 0 saturated heterocycles. The Morgan fingerprint density at radius 2 is 1.59 bits per heavy atom. The number of thioether (sulfide) groups is 1. The van der Waals surface area contributed by atoms with Crippen LogP contribution in [-0.4, -0.2) is 51.2 Å². The second-order valence-corrected chi connectivity index (χ2v) is 12.4. The highest BCUT2D eigenvalue weighted by Crippen LogP contribution is 2.30. The van der Waals surface area contributed by atoms with E-state index in [1.807, 2.05) is 91.2 Å². The number of carbonyl (C=O) groups excluding carboxylic acids is 4. The fourth-order valence-corrected chi connectivity index (χ4v) is 6.61. The Bertz CT molecular complexity index is 2050. The maximum Gasteiger partial charge on any atom is 0.339 e. The summed E-state index contributed by atoms with van der Waals surface area (Å²) in [6.07, 6.45) is 8.17. The number of hydrogen-bond donors (Lipinski definition) is 1.